The summed E-state index contributed by atoms with van der Waals surface area (Å²) in [6.45, 7) is 2.30. The van der Waals surface area contributed by atoms with Crippen LogP contribution in [0, 0.1) is 0 Å². The fraction of sp³-hybridized carbons (Fsp3) is 0.778. The number of halogens is 1. The molecule has 0 unspecified atom stereocenters. The number of aryl methyl sites for hydroxylation is 1. The van der Waals surface area contributed by atoms with E-state index in [2.05, 4.69) is 47.1 Å². The molecule has 0 atom stereocenters. The molecule has 0 bridgehead atoms. The minimum Gasteiger partial charge on any atom is -0.0654 e. The lowest BCUT2D eigenvalue weighted by atomic mass is 10.0. The summed E-state index contributed by atoms with van der Waals surface area (Å²) >= 11 is 3.50. The molecule has 0 spiro atoms. The average Bonchev–Trinajstić information content (AvgIpc) is 2.71. The normalized spacial score (nSPS) is 11.2. The van der Waals surface area contributed by atoms with Crippen molar-refractivity contribution < 1.29 is 0 Å². The predicted molar refractivity (Wildman–Crippen MR) is 131 cm³/mol. The van der Waals surface area contributed by atoms with Gasteiger partial charge < -0.3 is 0 Å². The summed E-state index contributed by atoms with van der Waals surface area (Å²) in [5.41, 5.74) is 1.48. The fourth-order valence-electron chi connectivity index (χ4n) is 4.06. The van der Waals surface area contributed by atoms with Gasteiger partial charge in [0, 0.05) is 4.47 Å². The summed E-state index contributed by atoms with van der Waals surface area (Å²) in [5.74, 6) is 0. The van der Waals surface area contributed by atoms with Gasteiger partial charge in [-0.2, -0.15) is 0 Å². The zero-order valence-electron chi connectivity index (χ0n) is 18.8. The largest absolute Gasteiger partial charge is 0.0654 e. The van der Waals surface area contributed by atoms with Crippen molar-refractivity contribution in [2.24, 2.45) is 0 Å². The van der Waals surface area contributed by atoms with Gasteiger partial charge in [0.2, 0.25) is 0 Å². The third kappa shape index (κ3) is 16.6. The minimum atomic E-state index is 1.18. The highest BCUT2D eigenvalue weighted by Crippen LogP contribution is 2.16. The molecule has 0 saturated carbocycles. The molecule has 162 valence electrons. The van der Waals surface area contributed by atoms with E-state index in [1.165, 1.54) is 138 Å². The molecular weight excluding hydrogens is 404 g/mol. The second kappa shape index (κ2) is 20.0. The van der Waals surface area contributed by atoms with Crippen molar-refractivity contribution >= 4 is 15.9 Å². The van der Waals surface area contributed by atoms with Crippen LogP contribution >= 0.6 is 15.9 Å². The van der Waals surface area contributed by atoms with E-state index in [-0.39, 0.29) is 0 Å². The number of hydrogen-bond acceptors (Lipinski definition) is 0. The third-order valence-corrected chi connectivity index (χ3v) is 6.51. The van der Waals surface area contributed by atoms with Gasteiger partial charge in [-0.1, -0.05) is 151 Å². The smallest absolute Gasteiger partial charge is 0.0175 e. The maximum Gasteiger partial charge on any atom is 0.0175 e. The van der Waals surface area contributed by atoms with Gasteiger partial charge in [-0.3, -0.25) is 0 Å². The molecule has 1 aromatic rings. The number of benzene rings is 1. The molecule has 1 aromatic carbocycles. The lowest BCUT2D eigenvalue weighted by Gasteiger charge is -2.04. The molecule has 0 radical (unpaired) electrons. The molecule has 0 aliphatic rings. The third-order valence-electron chi connectivity index (χ3n) is 5.98. The lowest BCUT2D eigenvalue weighted by Crippen LogP contribution is -1.86. The first-order chi connectivity index (χ1) is 13.8. The highest BCUT2D eigenvalue weighted by atomic mass is 79.9. The van der Waals surface area contributed by atoms with Crippen molar-refractivity contribution in [3.8, 4) is 0 Å². The van der Waals surface area contributed by atoms with Crippen LogP contribution < -0.4 is 0 Å². The van der Waals surface area contributed by atoms with E-state index in [1.807, 2.05) is 0 Å². The van der Waals surface area contributed by atoms with Crippen LogP contribution in [0.3, 0.4) is 0 Å². The van der Waals surface area contributed by atoms with Crippen LogP contribution in [0.4, 0.5) is 0 Å². The standard InChI is InChI=1S/C27H47Br/c1-2-3-4-5-6-7-8-9-10-11-12-13-14-15-16-17-18-19-20-21-26-22-24-27(28)25-23-26/h22-25H,2-21H2,1H3. The van der Waals surface area contributed by atoms with Gasteiger partial charge >= 0.3 is 0 Å². The highest BCUT2D eigenvalue weighted by Gasteiger charge is 1.96. The first-order valence-corrected chi connectivity index (χ1v) is 13.4. The second-order valence-corrected chi connectivity index (χ2v) is 9.66. The maximum absolute atomic E-state index is 3.50. The van der Waals surface area contributed by atoms with E-state index in [1.54, 1.807) is 0 Å². The molecule has 28 heavy (non-hydrogen) atoms. The van der Waals surface area contributed by atoms with E-state index < -0.39 is 0 Å². The van der Waals surface area contributed by atoms with E-state index in [4.69, 9.17) is 0 Å². The topological polar surface area (TPSA) is 0 Å². The van der Waals surface area contributed by atoms with Gasteiger partial charge in [0.15, 0.2) is 0 Å². The Morgan fingerprint density at radius 2 is 0.786 bits per heavy atom. The Balaban J connectivity index is 1.70. The monoisotopic (exact) mass is 450 g/mol. The molecule has 1 rings (SSSR count). The van der Waals surface area contributed by atoms with Crippen LogP contribution in [0.2, 0.25) is 0 Å². The van der Waals surface area contributed by atoms with Crippen LogP contribution in [-0.2, 0) is 6.42 Å². The van der Waals surface area contributed by atoms with Crippen molar-refractivity contribution in [2.45, 2.75) is 135 Å². The van der Waals surface area contributed by atoms with Gasteiger partial charge in [-0.15, -0.1) is 0 Å². The van der Waals surface area contributed by atoms with Crippen molar-refractivity contribution in [3.63, 3.8) is 0 Å². The highest BCUT2D eigenvalue weighted by molar-refractivity contribution is 9.10. The van der Waals surface area contributed by atoms with Gasteiger partial charge in [-0.05, 0) is 30.5 Å². The van der Waals surface area contributed by atoms with E-state index >= 15 is 0 Å². The van der Waals surface area contributed by atoms with Crippen molar-refractivity contribution in [3.05, 3.63) is 34.3 Å². The Morgan fingerprint density at radius 1 is 0.464 bits per heavy atom. The van der Waals surface area contributed by atoms with E-state index in [9.17, 15) is 0 Å². The molecule has 1 heteroatoms. The molecular formula is C27H47Br. The first kappa shape index (κ1) is 25.7. The quantitative estimate of drug-likeness (QED) is 0.173. The molecule has 0 N–H and O–H groups in total. The Kier molecular flexibility index (Phi) is 18.4. The number of unbranched alkanes of at least 4 members (excludes halogenated alkanes) is 18. The molecule has 0 aliphatic carbocycles. The summed E-state index contributed by atoms with van der Waals surface area (Å²) in [7, 11) is 0. The van der Waals surface area contributed by atoms with Gasteiger partial charge in [-0.25, -0.2) is 0 Å². The zero-order chi connectivity index (χ0) is 20.1. The summed E-state index contributed by atoms with van der Waals surface area (Å²) < 4.78 is 1.18. The van der Waals surface area contributed by atoms with E-state index in [0.717, 1.165) is 0 Å². The molecule has 0 heterocycles. The number of rotatable bonds is 20. The van der Waals surface area contributed by atoms with Crippen LogP contribution in [-0.4, -0.2) is 0 Å². The second-order valence-electron chi connectivity index (χ2n) is 8.74. The minimum absolute atomic E-state index is 1.18. The summed E-state index contributed by atoms with van der Waals surface area (Å²) in [5, 5.41) is 0. The molecule has 0 saturated heterocycles. The number of hydrogen-bond donors (Lipinski definition) is 0. The summed E-state index contributed by atoms with van der Waals surface area (Å²) in [4.78, 5) is 0. The van der Waals surface area contributed by atoms with Crippen LogP contribution in [0.5, 0.6) is 0 Å². The molecule has 0 amide bonds. The molecule has 0 aliphatic heterocycles. The zero-order valence-corrected chi connectivity index (χ0v) is 20.4. The average molecular weight is 452 g/mol. The fourth-order valence-corrected chi connectivity index (χ4v) is 4.32. The Bertz CT molecular complexity index is 422. The molecule has 0 nitrogen and oxygen atoms in total. The Hall–Kier alpha value is -0.300. The van der Waals surface area contributed by atoms with Gasteiger partial charge in [0.25, 0.3) is 0 Å². The Labute approximate surface area is 185 Å². The molecule has 0 aromatic heterocycles. The predicted octanol–water partition coefficient (Wildman–Crippen LogP) is 10.4. The van der Waals surface area contributed by atoms with Crippen LogP contribution in [0.25, 0.3) is 0 Å². The van der Waals surface area contributed by atoms with E-state index in [0.29, 0.717) is 0 Å². The van der Waals surface area contributed by atoms with Crippen LogP contribution in [0.15, 0.2) is 28.7 Å². The first-order valence-electron chi connectivity index (χ1n) is 12.6. The molecule has 0 fully saturated rings. The van der Waals surface area contributed by atoms with Crippen molar-refractivity contribution in [2.75, 3.05) is 0 Å². The van der Waals surface area contributed by atoms with Crippen molar-refractivity contribution in [1.82, 2.24) is 0 Å². The van der Waals surface area contributed by atoms with Crippen molar-refractivity contribution in [1.29, 1.82) is 0 Å². The maximum atomic E-state index is 3.50. The van der Waals surface area contributed by atoms with Gasteiger partial charge in [0.1, 0.15) is 0 Å². The summed E-state index contributed by atoms with van der Waals surface area (Å²) in [6, 6.07) is 8.81. The summed E-state index contributed by atoms with van der Waals surface area (Å²) in [6.07, 6.45) is 28.8. The van der Waals surface area contributed by atoms with Gasteiger partial charge in [0.05, 0.1) is 0 Å². The Morgan fingerprint density at radius 3 is 1.14 bits per heavy atom. The van der Waals surface area contributed by atoms with Crippen LogP contribution in [0.1, 0.15) is 134 Å². The lowest BCUT2D eigenvalue weighted by molar-refractivity contribution is 0.523. The SMILES string of the molecule is CCCCCCCCCCCCCCCCCCCCCc1ccc(Br)cc1.